The zero-order valence-corrected chi connectivity index (χ0v) is 10.3. The van der Waals surface area contributed by atoms with E-state index < -0.39 is 0 Å². The highest BCUT2D eigenvalue weighted by molar-refractivity contribution is 5.75. The van der Waals surface area contributed by atoms with Gasteiger partial charge in [0.15, 0.2) is 0 Å². The van der Waals surface area contributed by atoms with E-state index in [0.717, 1.165) is 12.8 Å². The molecule has 1 aromatic rings. The van der Waals surface area contributed by atoms with E-state index >= 15 is 0 Å². The molecule has 16 heavy (non-hydrogen) atoms. The Bertz CT molecular complexity index is 361. The van der Waals surface area contributed by atoms with Gasteiger partial charge in [-0.15, -0.1) is 0 Å². The van der Waals surface area contributed by atoms with Gasteiger partial charge in [-0.2, -0.15) is 0 Å². The van der Waals surface area contributed by atoms with Crippen molar-refractivity contribution in [2.24, 2.45) is 0 Å². The molecule has 1 amide bonds. The monoisotopic (exact) mass is 220 g/mol. The molecule has 88 valence electrons. The van der Waals surface area contributed by atoms with E-state index in [9.17, 15) is 4.79 Å². The molecule has 0 fully saturated rings. The number of nitrogens with one attached hydrogen (secondary N) is 2. The van der Waals surface area contributed by atoms with E-state index in [1.165, 1.54) is 16.7 Å². The summed E-state index contributed by atoms with van der Waals surface area (Å²) in [4.78, 5) is 11.2. The maximum absolute atomic E-state index is 11.2. The third kappa shape index (κ3) is 4.03. The van der Waals surface area contributed by atoms with Gasteiger partial charge in [-0.1, -0.05) is 18.2 Å². The van der Waals surface area contributed by atoms with E-state index in [2.05, 4.69) is 42.9 Å². The molecule has 0 bridgehead atoms. The molecule has 0 spiro atoms. The van der Waals surface area contributed by atoms with Crippen LogP contribution in [0.2, 0.25) is 0 Å². The minimum absolute atomic E-state index is 0.0475. The molecule has 0 aliphatic carbocycles. The van der Waals surface area contributed by atoms with E-state index in [1.807, 2.05) is 0 Å². The van der Waals surface area contributed by atoms with Crippen LogP contribution in [0.1, 0.15) is 29.5 Å². The van der Waals surface area contributed by atoms with Gasteiger partial charge in [-0.05, 0) is 43.4 Å². The minimum atomic E-state index is 0.0475. The number of hydrogen-bond acceptors (Lipinski definition) is 2. The van der Waals surface area contributed by atoms with Gasteiger partial charge in [0.1, 0.15) is 0 Å². The highest BCUT2D eigenvalue weighted by Gasteiger charge is 2.01. The lowest BCUT2D eigenvalue weighted by Crippen LogP contribution is -2.33. The number of hydrazine groups is 1. The Labute approximate surface area is 97.2 Å². The first-order valence-corrected chi connectivity index (χ1v) is 5.65. The largest absolute Gasteiger partial charge is 0.292 e. The van der Waals surface area contributed by atoms with Crippen LogP contribution in [0.15, 0.2) is 18.2 Å². The Morgan fingerprint density at radius 1 is 1.25 bits per heavy atom. The third-order valence-corrected chi connectivity index (χ3v) is 2.71. The maximum atomic E-state index is 11.2. The van der Waals surface area contributed by atoms with Crippen LogP contribution in [0.3, 0.4) is 0 Å². The molecule has 0 heterocycles. The number of aryl methyl sites for hydroxylation is 3. The summed E-state index contributed by atoms with van der Waals surface area (Å²) in [5, 5.41) is 0. The van der Waals surface area contributed by atoms with Gasteiger partial charge in [0.05, 0.1) is 0 Å². The molecule has 0 aliphatic heterocycles. The van der Waals surface area contributed by atoms with E-state index in [0.29, 0.717) is 6.42 Å². The summed E-state index contributed by atoms with van der Waals surface area (Å²) in [5.41, 5.74) is 9.14. The number of hydrogen-bond donors (Lipinski definition) is 2. The topological polar surface area (TPSA) is 41.1 Å². The van der Waals surface area contributed by atoms with Gasteiger partial charge in [-0.3, -0.25) is 10.2 Å². The van der Waals surface area contributed by atoms with Crippen LogP contribution in [-0.4, -0.2) is 13.0 Å². The molecule has 0 unspecified atom stereocenters. The Kier molecular flexibility index (Phi) is 4.99. The first kappa shape index (κ1) is 12.7. The molecule has 0 saturated carbocycles. The smallest absolute Gasteiger partial charge is 0.234 e. The van der Waals surface area contributed by atoms with Crippen molar-refractivity contribution >= 4 is 5.91 Å². The third-order valence-electron chi connectivity index (χ3n) is 2.71. The van der Waals surface area contributed by atoms with E-state index in [-0.39, 0.29) is 5.91 Å². The first-order valence-electron chi connectivity index (χ1n) is 5.65. The quantitative estimate of drug-likeness (QED) is 0.744. The molecule has 0 atom stereocenters. The molecule has 2 N–H and O–H groups in total. The van der Waals surface area contributed by atoms with Crippen molar-refractivity contribution < 1.29 is 4.79 Å². The second-order valence-electron chi connectivity index (χ2n) is 4.07. The van der Waals surface area contributed by atoms with Gasteiger partial charge >= 0.3 is 0 Å². The summed E-state index contributed by atoms with van der Waals surface area (Å²) < 4.78 is 0. The predicted octanol–water partition coefficient (Wildman–Crippen LogP) is 1.88. The zero-order valence-electron chi connectivity index (χ0n) is 10.3. The van der Waals surface area contributed by atoms with Crippen LogP contribution < -0.4 is 10.9 Å². The SMILES string of the molecule is CNNC(=O)CCCc1ccc(C)c(C)c1. The average Bonchev–Trinajstić information content (AvgIpc) is 2.24. The first-order chi connectivity index (χ1) is 7.63. The van der Waals surface area contributed by atoms with Gasteiger partial charge in [0.2, 0.25) is 5.91 Å². The van der Waals surface area contributed by atoms with E-state index in [1.54, 1.807) is 7.05 Å². The number of amides is 1. The fourth-order valence-electron chi connectivity index (χ4n) is 1.61. The molecule has 3 heteroatoms. The molecule has 0 aromatic heterocycles. The fraction of sp³-hybridized carbons (Fsp3) is 0.462. The summed E-state index contributed by atoms with van der Waals surface area (Å²) >= 11 is 0. The summed E-state index contributed by atoms with van der Waals surface area (Å²) in [5.74, 6) is 0.0475. The zero-order chi connectivity index (χ0) is 12.0. The summed E-state index contributed by atoms with van der Waals surface area (Å²) in [6, 6.07) is 6.47. The van der Waals surface area contributed by atoms with Gasteiger partial charge in [0.25, 0.3) is 0 Å². The van der Waals surface area contributed by atoms with Crippen LogP contribution in [0.5, 0.6) is 0 Å². The number of carbonyl (C=O) groups excluding carboxylic acids is 1. The van der Waals surface area contributed by atoms with Crippen molar-refractivity contribution in [3.8, 4) is 0 Å². The van der Waals surface area contributed by atoms with Gasteiger partial charge in [0, 0.05) is 13.5 Å². The van der Waals surface area contributed by atoms with Crippen molar-refractivity contribution in [3.63, 3.8) is 0 Å². The number of carbonyl (C=O) groups is 1. The van der Waals surface area contributed by atoms with E-state index in [4.69, 9.17) is 0 Å². The van der Waals surface area contributed by atoms with Crippen molar-refractivity contribution in [2.45, 2.75) is 33.1 Å². The molecule has 0 radical (unpaired) electrons. The van der Waals surface area contributed by atoms with Crippen LogP contribution >= 0.6 is 0 Å². The van der Waals surface area contributed by atoms with Crippen LogP contribution in [0, 0.1) is 13.8 Å². The van der Waals surface area contributed by atoms with Crippen LogP contribution in [-0.2, 0) is 11.2 Å². The van der Waals surface area contributed by atoms with Crippen molar-refractivity contribution in [2.75, 3.05) is 7.05 Å². The lowest BCUT2D eigenvalue weighted by Gasteiger charge is -2.05. The average molecular weight is 220 g/mol. The second kappa shape index (κ2) is 6.28. The highest BCUT2D eigenvalue weighted by Crippen LogP contribution is 2.12. The molecule has 3 nitrogen and oxygen atoms in total. The molecule has 0 saturated heterocycles. The molecular formula is C13H20N2O. The Balaban J connectivity index is 2.37. The lowest BCUT2D eigenvalue weighted by atomic mass is 10.0. The minimum Gasteiger partial charge on any atom is -0.292 e. The fourth-order valence-corrected chi connectivity index (χ4v) is 1.61. The molecule has 0 aliphatic rings. The second-order valence-corrected chi connectivity index (χ2v) is 4.07. The Hall–Kier alpha value is -1.35. The van der Waals surface area contributed by atoms with Gasteiger partial charge < -0.3 is 0 Å². The molecule has 1 rings (SSSR count). The number of rotatable bonds is 5. The molecule has 1 aromatic carbocycles. The Morgan fingerprint density at radius 3 is 2.62 bits per heavy atom. The maximum Gasteiger partial charge on any atom is 0.234 e. The van der Waals surface area contributed by atoms with Crippen molar-refractivity contribution in [1.82, 2.24) is 10.9 Å². The summed E-state index contributed by atoms with van der Waals surface area (Å²) in [6.07, 6.45) is 2.40. The van der Waals surface area contributed by atoms with Crippen molar-refractivity contribution in [3.05, 3.63) is 34.9 Å². The van der Waals surface area contributed by atoms with Crippen LogP contribution in [0.25, 0.3) is 0 Å². The standard InChI is InChI=1S/C13H20N2O/c1-10-7-8-12(9-11(10)2)5-4-6-13(16)15-14-3/h7-9,14H,4-6H2,1-3H3,(H,15,16). The highest BCUT2D eigenvalue weighted by atomic mass is 16.2. The van der Waals surface area contributed by atoms with Gasteiger partial charge in [-0.25, -0.2) is 5.43 Å². The van der Waals surface area contributed by atoms with Crippen molar-refractivity contribution in [1.29, 1.82) is 0 Å². The lowest BCUT2D eigenvalue weighted by molar-refractivity contribution is -0.122. The summed E-state index contributed by atoms with van der Waals surface area (Å²) in [6.45, 7) is 4.23. The predicted molar refractivity (Wildman–Crippen MR) is 66.1 cm³/mol. The normalized spacial score (nSPS) is 10.2. The van der Waals surface area contributed by atoms with Crippen LogP contribution in [0.4, 0.5) is 0 Å². The number of benzene rings is 1. The summed E-state index contributed by atoms with van der Waals surface area (Å²) in [7, 11) is 1.70. The molecular weight excluding hydrogens is 200 g/mol. The Morgan fingerprint density at radius 2 is 2.00 bits per heavy atom.